The Morgan fingerprint density at radius 2 is 1.76 bits per heavy atom. The normalized spacial score (nSPS) is 16.9. The summed E-state index contributed by atoms with van der Waals surface area (Å²) in [6.07, 6.45) is 6.15. The number of benzene rings is 1. The number of hydrogen-bond acceptors (Lipinski definition) is 8. The number of carbonyl (C=O) groups excluding carboxylic acids is 1. The molecule has 0 unspecified atom stereocenters. The van der Waals surface area contributed by atoms with Gasteiger partial charge < -0.3 is 25.1 Å². The molecule has 2 aromatic heterocycles. The molecule has 1 spiro atoms. The third kappa shape index (κ3) is 6.96. The molecule has 1 aliphatic heterocycles. The molecule has 1 saturated carbocycles. The fourth-order valence-corrected chi connectivity index (χ4v) is 6.75. The first-order valence-electron chi connectivity index (χ1n) is 14.4. The van der Waals surface area contributed by atoms with E-state index >= 15 is 0 Å². The van der Waals surface area contributed by atoms with Crippen LogP contribution in [0.1, 0.15) is 70.7 Å². The Kier molecular flexibility index (Phi) is 7.88. The molecule has 0 radical (unpaired) electrons. The van der Waals surface area contributed by atoms with E-state index in [2.05, 4.69) is 20.3 Å². The van der Waals surface area contributed by atoms with Crippen molar-refractivity contribution in [2.45, 2.75) is 76.3 Å². The van der Waals surface area contributed by atoms with Crippen LogP contribution < -0.4 is 20.3 Å². The monoisotopic (exact) mass is 595 g/mol. The summed E-state index contributed by atoms with van der Waals surface area (Å²) >= 11 is 0. The average Bonchev–Trinajstić information content (AvgIpc) is 3.42. The van der Waals surface area contributed by atoms with E-state index in [1.807, 2.05) is 13.8 Å². The molecule has 3 heterocycles. The van der Waals surface area contributed by atoms with E-state index in [0.717, 1.165) is 25.9 Å². The molecule has 3 aromatic rings. The second-order valence-electron chi connectivity index (χ2n) is 13.3. The number of furan rings is 1. The zero-order chi connectivity index (χ0) is 30.3. The Labute approximate surface area is 248 Å². The number of aliphatic hydroxyl groups excluding tert-OH is 1. The fourth-order valence-electron chi connectivity index (χ4n) is 5.26. The summed E-state index contributed by atoms with van der Waals surface area (Å²) < 4.78 is 34.8. The van der Waals surface area contributed by atoms with Gasteiger partial charge in [-0.05, 0) is 108 Å². The van der Waals surface area contributed by atoms with Crippen LogP contribution in [0.25, 0.3) is 11.3 Å². The smallest absolute Gasteiger partial charge is 0.259 e. The number of aromatic nitrogens is 1. The molecule has 1 aliphatic carbocycles. The van der Waals surface area contributed by atoms with Crippen LogP contribution in [0, 0.1) is 5.41 Å². The van der Waals surface area contributed by atoms with E-state index in [9.17, 15) is 18.3 Å². The van der Waals surface area contributed by atoms with Crippen LogP contribution in [-0.4, -0.2) is 55.2 Å². The van der Waals surface area contributed by atoms with Gasteiger partial charge in [-0.1, -0.05) is 0 Å². The van der Waals surface area contributed by atoms with Gasteiger partial charge in [0.25, 0.3) is 5.91 Å². The van der Waals surface area contributed by atoms with E-state index in [0.29, 0.717) is 39.6 Å². The maximum atomic E-state index is 13.8. The molecule has 0 bridgehead atoms. The van der Waals surface area contributed by atoms with E-state index in [1.165, 1.54) is 31.2 Å². The van der Waals surface area contributed by atoms with Crippen LogP contribution in [0.3, 0.4) is 0 Å². The molecule has 42 heavy (non-hydrogen) atoms. The summed E-state index contributed by atoms with van der Waals surface area (Å²) in [5.41, 5.74) is 0.369. The van der Waals surface area contributed by atoms with Gasteiger partial charge in [-0.2, -0.15) is 0 Å². The first kappa shape index (κ1) is 30.1. The molecule has 1 amide bonds. The van der Waals surface area contributed by atoms with Crippen LogP contribution in [0.4, 0.5) is 17.3 Å². The number of aliphatic hydroxyl groups is 1. The maximum Gasteiger partial charge on any atom is 0.259 e. The van der Waals surface area contributed by atoms with E-state index in [1.54, 1.807) is 51.1 Å². The van der Waals surface area contributed by atoms with E-state index in [-0.39, 0.29) is 11.5 Å². The second kappa shape index (κ2) is 11.0. The SMILES string of the molecule is CC(C)(C)NS(=O)(=O)c1cc(NC(=O)c2ccc(NC(C)(C)CO)nc2N2CCC3(CC2)CC3)cc(-c2ccco2)c1. The number of carbonyl (C=O) groups is 1. The molecule has 2 fully saturated rings. The summed E-state index contributed by atoms with van der Waals surface area (Å²) in [6.45, 7) is 10.6. The summed E-state index contributed by atoms with van der Waals surface area (Å²) in [4.78, 5) is 20.8. The molecule has 11 heteroatoms. The maximum absolute atomic E-state index is 13.8. The summed E-state index contributed by atoms with van der Waals surface area (Å²) in [7, 11) is -3.90. The highest BCUT2D eigenvalue weighted by Crippen LogP contribution is 2.54. The number of anilines is 3. The number of piperidine rings is 1. The van der Waals surface area contributed by atoms with Crippen LogP contribution in [0.2, 0.25) is 0 Å². The third-order valence-electron chi connectivity index (χ3n) is 7.78. The first-order valence-corrected chi connectivity index (χ1v) is 15.9. The number of rotatable bonds is 9. The Hall–Kier alpha value is -3.41. The van der Waals surface area contributed by atoms with Gasteiger partial charge in [-0.3, -0.25) is 4.79 Å². The number of nitrogens with one attached hydrogen (secondary N) is 3. The topological polar surface area (TPSA) is 137 Å². The van der Waals surface area contributed by atoms with Gasteiger partial charge in [0.05, 0.1) is 28.9 Å². The highest BCUT2D eigenvalue weighted by molar-refractivity contribution is 7.89. The Morgan fingerprint density at radius 3 is 2.36 bits per heavy atom. The minimum Gasteiger partial charge on any atom is -0.464 e. The third-order valence-corrected chi connectivity index (χ3v) is 9.52. The van der Waals surface area contributed by atoms with E-state index in [4.69, 9.17) is 9.40 Å². The van der Waals surface area contributed by atoms with Crippen molar-refractivity contribution in [1.82, 2.24) is 9.71 Å². The van der Waals surface area contributed by atoms with Crippen molar-refractivity contribution in [3.05, 3.63) is 54.3 Å². The highest BCUT2D eigenvalue weighted by Gasteiger charge is 2.45. The number of pyridine rings is 1. The van der Waals surface area contributed by atoms with Crippen molar-refractivity contribution in [2.24, 2.45) is 5.41 Å². The first-order chi connectivity index (χ1) is 19.7. The van der Waals surface area contributed by atoms with Crippen LogP contribution in [0.5, 0.6) is 0 Å². The standard InChI is InChI=1S/C31H41N5O5S/c1-29(2,3)35-42(39,40)23-18-21(25-7-6-16-41-25)17-22(19-23)32-28(38)24-8-9-26(34-30(4,5)20-37)33-27(24)36-14-12-31(10-11-31)13-15-36/h6-9,16-19,35,37H,10-15,20H2,1-5H3,(H,32,38)(H,33,34). The molecule has 10 nitrogen and oxygen atoms in total. The van der Waals surface area contributed by atoms with Crippen LogP contribution in [0.15, 0.2) is 58.0 Å². The minimum absolute atomic E-state index is 0.0107. The van der Waals surface area contributed by atoms with Crippen molar-refractivity contribution in [2.75, 3.05) is 35.2 Å². The second-order valence-corrected chi connectivity index (χ2v) is 14.9. The molecule has 4 N–H and O–H groups in total. The van der Waals surface area contributed by atoms with Crippen LogP contribution in [-0.2, 0) is 10.0 Å². The predicted molar refractivity (Wildman–Crippen MR) is 164 cm³/mol. The average molecular weight is 596 g/mol. The number of sulfonamides is 1. The van der Waals surface area contributed by atoms with Gasteiger partial charge in [0, 0.05) is 29.9 Å². The van der Waals surface area contributed by atoms with Crippen molar-refractivity contribution < 1.29 is 22.7 Å². The molecule has 2 aliphatic rings. The lowest BCUT2D eigenvalue weighted by Crippen LogP contribution is -2.40. The van der Waals surface area contributed by atoms with Crippen molar-refractivity contribution in [3.8, 4) is 11.3 Å². The van der Waals surface area contributed by atoms with E-state index < -0.39 is 27.0 Å². The highest BCUT2D eigenvalue weighted by atomic mass is 32.2. The molecule has 226 valence electrons. The Morgan fingerprint density at radius 1 is 1.05 bits per heavy atom. The minimum atomic E-state index is -3.90. The zero-order valence-electron chi connectivity index (χ0n) is 25.0. The van der Waals surface area contributed by atoms with Gasteiger partial charge in [0.2, 0.25) is 10.0 Å². The quantitative estimate of drug-likeness (QED) is 0.264. The van der Waals surface area contributed by atoms with Crippen molar-refractivity contribution in [1.29, 1.82) is 0 Å². The van der Waals surface area contributed by atoms with Crippen molar-refractivity contribution in [3.63, 3.8) is 0 Å². The molecule has 5 rings (SSSR count). The summed E-state index contributed by atoms with van der Waals surface area (Å²) in [6, 6.07) is 11.6. The largest absolute Gasteiger partial charge is 0.464 e. The Balaban J connectivity index is 1.49. The molecule has 0 atom stereocenters. The Bertz CT molecular complexity index is 1550. The summed E-state index contributed by atoms with van der Waals surface area (Å²) in [5, 5.41) is 15.9. The molecular formula is C31H41N5O5S. The lowest BCUT2D eigenvalue weighted by Gasteiger charge is -2.34. The molecule has 1 saturated heterocycles. The van der Waals surface area contributed by atoms with Crippen LogP contribution >= 0.6 is 0 Å². The number of nitrogens with zero attached hydrogens (tertiary/aromatic N) is 2. The fraction of sp³-hybridized carbons (Fsp3) is 0.484. The van der Waals surface area contributed by atoms with Gasteiger partial charge in [-0.25, -0.2) is 18.1 Å². The number of amides is 1. The van der Waals surface area contributed by atoms with Gasteiger partial charge in [0.15, 0.2) is 0 Å². The molecular weight excluding hydrogens is 554 g/mol. The van der Waals surface area contributed by atoms with Gasteiger partial charge in [-0.15, -0.1) is 0 Å². The summed E-state index contributed by atoms with van der Waals surface area (Å²) in [5.74, 6) is 1.20. The lowest BCUT2D eigenvalue weighted by atomic mass is 9.93. The van der Waals surface area contributed by atoms with Gasteiger partial charge in [0.1, 0.15) is 17.4 Å². The lowest BCUT2D eigenvalue weighted by molar-refractivity contribution is 0.102. The van der Waals surface area contributed by atoms with Crippen molar-refractivity contribution >= 4 is 33.3 Å². The van der Waals surface area contributed by atoms with Gasteiger partial charge >= 0.3 is 0 Å². The zero-order valence-corrected chi connectivity index (χ0v) is 25.8. The number of hydrogen-bond donors (Lipinski definition) is 4. The predicted octanol–water partition coefficient (Wildman–Crippen LogP) is 5.23. The molecule has 1 aromatic carbocycles.